The first-order valence-electron chi connectivity index (χ1n) is 9.40. The quantitative estimate of drug-likeness (QED) is 0.125. The number of nitrogens with zero attached hydrogens (tertiary/aromatic N) is 1. The van der Waals surface area contributed by atoms with Crippen molar-refractivity contribution in [3.05, 3.63) is 12.2 Å². The van der Waals surface area contributed by atoms with Gasteiger partial charge in [0.1, 0.15) is 18.8 Å². The topological polar surface area (TPSA) is 194 Å². The number of hydrogen-bond donors (Lipinski definition) is 4. The Kier molecular flexibility index (Phi) is 10.3. The van der Waals surface area contributed by atoms with Crippen LogP contribution in [0.5, 0.6) is 0 Å². The molecule has 0 bridgehead atoms. The number of aliphatic carboxylic acids is 1. The lowest BCUT2D eigenvalue weighted by atomic mass is 10.2. The molecular formula is C18H25N4O9-. The summed E-state index contributed by atoms with van der Waals surface area (Å²) in [6.07, 6.45) is 0.142. The molecule has 0 radical (unpaired) electrons. The van der Waals surface area contributed by atoms with Crippen LogP contribution in [0.3, 0.4) is 0 Å². The number of carbonyl (C=O) groups excluding carboxylic acids is 6. The van der Waals surface area contributed by atoms with E-state index in [2.05, 4.69) is 16.0 Å². The van der Waals surface area contributed by atoms with Gasteiger partial charge in [0, 0.05) is 31.5 Å². The molecule has 0 saturated heterocycles. The maximum absolute atomic E-state index is 12.1. The van der Waals surface area contributed by atoms with Gasteiger partial charge in [0.15, 0.2) is 0 Å². The Bertz CT molecular complexity index is 734. The summed E-state index contributed by atoms with van der Waals surface area (Å²) in [5.41, 5.74) is 0. The monoisotopic (exact) mass is 441 g/mol. The van der Waals surface area contributed by atoms with Gasteiger partial charge in [0.2, 0.25) is 17.7 Å². The minimum Gasteiger partial charge on any atom is -0.547 e. The molecule has 0 unspecified atom stereocenters. The van der Waals surface area contributed by atoms with Gasteiger partial charge in [-0.15, -0.1) is 0 Å². The molecular weight excluding hydrogens is 416 g/mol. The number of carboxylic acid groups (broad SMARTS) is 1. The molecule has 0 aliphatic carbocycles. The first kappa shape index (κ1) is 25.7. The third-order valence-corrected chi connectivity index (χ3v) is 4.14. The SMILES string of the molecule is C[C@H](NC(=O)CCN1C(=O)C=CC1=O)C(=O)N[C@@H](C)C(=O)NCOCC[C@@H](O)C(=O)[O-]. The van der Waals surface area contributed by atoms with E-state index in [9.17, 15) is 33.9 Å². The number of amides is 5. The highest BCUT2D eigenvalue weighted by Crippen LogP contribution is 2.04. The fraction of sp³-hybridized carbons (Fsp3) is 0.556. The first-order chi connectivity index (χ1) is 14.5. The van der Waals surface area contributed by atoms with Gasteiger partial charge >= 0.3 is 0 Å². The van der Waals surface area contributed by atoms with Crippen molar-refractivity contribution in [1.29, 1.82) is 0 Å². The molecule has 3 atom stereocenters. The van der Waals surface area contributed by atoms with Crippen molar-refractivity contribution >= 4 is 35.5 Å². The highest BCUT2D eigenvalue weighted by Gasteiger charge is 2.25. The van der Waals surface area contributed by atoms with Crippen molar-refractivity contribution in [1.82, 2.24) is 20.9 Å². The average molecular weight is 441 g/mol. The fourth-order valence-corrected chi connectivity index (χ4v) is 2.31. The summed E-state index contributed by atoms with van der Waals surface area (Å²) in [5, 5.41) is 26.5. The van der Waals surface area contributed by atoms with Crippen molar-refractivity contribution in [2.24, 2.45) is 0 Å². The van der Waals surface area contributed by atoms with Crippen LogP contribution in [-0.2, 0) is 33.5 Å². The van der Waals surface area contributed by atoms with E-state index in [4.69, 9.17) is 9.84 Å². The van der Waals surface area contributed by atoms with Crippen molar-refractivity contribution in [2.75, 3.05) is 19.9 Å². The Labute approximate surface area is 177 Å². The molecule has 13 heteroatoms. The summed E-state index contributed by atoms with van der Waals surface area (Å²) in [5.74, 6) is -4.43. The molecule has 1 rings (SSSR count). The molecule has 1 aliphatic heterocycles. The zero-order chi connectivity index (χ0) is 23.6. The highest BCUT2D eigenvalue weighted by molar-refractivity contribution is 6.13. The van der Waals surface area contributed by atoms with Crippen molar-refractivity contribution < 1.29 is 43.7 Å². The minimum absolute atomic E-state index is 0.121. The summed E-state index contributed by atoms with van der Waals surface area (Å²) >= 11 is 0. The smallest absolute Gasteiger partial charge is 0.253 e. The predicted molar refractivity (Wildman–Crippen MR) is 100 cm³/mol. The molecule has 4 N–H and O–H groups in total. The third-order valence-electron chi connectivity index (χ3n) is 4.14. The van der Waals surface area contributed by atoms with Gasteiger partial charge in [-0.1, -0.05) is 0 Å². The van der Waals surface area contributed by atoms with Crippen molar-refractivity contribution in [3.63, 3.8) is 0 Å². The number of imide groups is 1. The number of ether oxygens (including phenoxy) is 1. The van der Waals surface area contributed by atoms with Crippen LogP contribution in [0.4, 0.5) is 0 Å². The number of carbonyl (C=O) groups is 6. The lowest BCUT2D eigenvalue weighted by Gasteiger charge is -2.19. The molecule has 0 spiro atoms. The Morgan fingerprint density at radius 3 is 2.23 bits per heavy atom. The summed E-state index contributed by atoms with van der Waals surface area (Å²) in [6, 6.07) is -1.94. The number of rotatable bonds is 13. The molecule has 31 heavy (non-hydrogen) atoms. The predicted octanol–water partition coefficient (Wildman–Crippen LogP) is -4.10. The van der Waals surface area contributed by atoms with Gasteiger partial charge in [-0.05, 0) is 13.8 Å². The van der Waals surface area contributed by atoms with Gasteiger partial charge in [-0.3, -0.25) is 28.9 Å². The number of hydrogen-bond acceptors (Lipinski definition) is 9. The number of nitrogens with one attached hydrogen (secondary N) is 3. The van der Waals surface area contributed by atoms with E-state index in [0.717, 1.165) is 17.1 Å². The Morgan fingerprint density at radius 1 is 1.06 bits per heavy atom. The lowest BCUT2D eigenvalue weighted by Crippen LogP contribution is -2.52. The number of aliphatic hydroxyl groups excluding tert-OH is 1. The van der Waals surface area contributed by atoms with Gasteiger partial charge in [-0.25, -0.2) is 0 Å². The molecule has 172 valence electrons. The third kappa shape index (κ3) is 8.92. The van der Waals surface area contributed by atoms with Crippen LogP contribution >= 0.6 is 0 Å². The second-order valence-corrected chi connectivity index (χ2v) is 6.65. The van der Waals surface area contributed by atoms with E-state index >= 15 is 0 Å². The molecule has 1 heterocycles. The van der Waals surface area contributed by atoms with Gasteiger partial charge in [0.05, 0.1) is 18.7 Å². The summed E-state index contributed by atoms with van der Waals surface area (Å²) < 4.78 is 4.96. The van der Waals surface area contributed by atoms with E-state index in [-0.39, 0.29) is 32.7 Å². The molecule has 0 fully saturated rings. The summed E-state index contributed by atoms with van der Waals surface area (Å²) in [6.45, 7) is 2.28. The zero-order valence-corrected chi connectivity index (χ0v) is 17.1. The molecule has 0 saturated carbocycles. The average Bonchev–Trinajstić information content (AvgIpc) is 3.02. The largest absolute Gasteiger partial charge is 0.547 e. The Hall–Kier alpha value is -3.32. The highest BCUT2D eigenvalue weighted by atomic mass is 16.5. The van der Waals surface area contributed by atoms with E-state index in [1.165, 1.54) is 13.8 Å². The van der Waals surface area contributed by atoms with Crippen LogP contribution in [0.25, 0.3) is 0 Å². The van der Waals surface area contributed by atoms with Crippen LogP contribution in [0.15, 0.2) is 12.2 Å². The van der Waals surface area contributed by atoms with Gasteiger partial charge in [0.25, 0.3) is 11.8 Å². The van der Waals surface area contributed by atoms with E-state index in [1.54, 1.807) is 0 Å². The van der Waals surface area contributed by atoms with Crippen LogP contribution < -0.4 is 21.1 Å². The second kappa shape index (κ2) is 12.4. The van der Waals surface area contributed by atoms with Crippen molar-refractivity contribution in [2.45, 2.75) is 44.9 Å². The van der Waals surface area contributed by atoms with Crippen LogP contribution in [0, 0.1) is 0 Å². The summed E-state index contributed by atoms with van der Waals surface area (Å²) in [4.78, 5) is 70.0. The standard InChI is InChI=1S/C18H26N4O9/c1-10(16(27)19-9-31-8-6-12(23)18(29)30)21-17(28)11(2)20-13(24)5-7-22-14(25)3-4-15(22)26/h3-4,10-12,23H,5-9H2,1-2H3,(H,19,27)(H,20,24)(H,21,28)(H,29,30)/p-1/t10-,11-,12+/m0/s1. The van der Waals surface area contributed by atoms with Crippen LogP contribution in [-0.4, -0.2) is 83.6 Å². The molecule has 1 aliphatic rings. The first-order valence-corrected chi connectivity index (χ1v) is 9.40. The molecule has 0 aromatic heterocycles. The van der Waals surface area contributed by atoms with E-state index in [0.29, 0.717) is 0 Å². The molecule has 5 amide bonds. The summed E-state index contributed by atoms with van der Waals surface area (Å²) in [7, 11) is 0. The Morgan fingerprint density at radius 2 is 1.65 bits per heavy atom. The van der Waals surface area contributed by atoms with Gasteiger partial charge < -0.3 is 35.7 Å². The maximum atomic E-state index is 12.1. The van der Waals surface area contributed by atoms with E-state index in [1.807, 2.05) is 0 Å². The lowest BCUT2D eigenvalue weighted by molar-refractivity contribution is -0.315. The van der Waals surface area contributed by atoms with E-state index < -0.39 is 53.7 Å². The minimum atomic E-state index is -1.67. The fourth-order valence-electron chi connectivity index (χ4n) is 2.31. The normalized spacial score (nSPS) is 15.9. The second-order valence-electron chi connectivity index (χ2n) is 6.65. The zero-order valence-electron chi connectivity index (χ0n) is 17.1. The van der Waals surface area contributed by atoms with Crippen LogP contribution in [0.1, 0.15) is 26.7 Å². The molecule has 0 aromatic carbocycles. The number of carboxylic acids is 1. The van der Waals surface area contributed by atoms with Crippen LogP contribution in [0.2, 0.25) is 0 Å². The Balaban J connectivity index is 2.26. The van der Waals surface area contributed by atoms with Gasteiger partial charge in [-0.2, -0.15) is 0 Å². The molecule has 0 aromatic rings. The number of aliphatic hydroxyl groups is 1. The molecule has 13 nitrogen and oxygen atoms in total. The van der Waals surface area contributed by atoms with Crippen molar-refractivity contribution in [3.8, 4) is 0 Å². The maximum Gasteiger partial charge on any atom is 0.253 e.